The van der Waals surface area contributed by atoms with Crippen molar-refractivity contribution in [2.75, 3.05) is 25.0 Å². The standard InChI is InChI=1S/C17H18ClN3O2S/c1-3-15(22)21-8-6-11(7-9-21)16(23)20(2)17-19-13-10-12(18)4-5-14(13)24-17/h3-5,10-11H,1,6-9H2,2H3. The predicted octanol–water partition coefficient (Wildman–Crippen LogP) is 3.34. The number of fused-ring (bicyclic) bond motifs is 1. The summed E-state index contributed by atoms with van der Waals surface area (Å²) in [7, 11) is 1.75. The third-order valence-electron chi connectivity index (χ3n) is 4.29. The lowest BCUT2D eigenvalue weighted by Crippen LogP contribution is -2.43. The van der Waals surface area contributed by atoms with Crippen LogP contribution in [0.5, 0.6) is 0 Å². The molecule has 7 heteroatoms. The fourth-order valence-corrected chi connectivity index (χ4v) is 3.96. The average molecular weight is 364 g/mol. The Kier molecular flexibility index (Phi) is 4.87. The molecule has 0 bridgehead atoms. The summed E-state index contributed by atoms with van der Waals surface area (Å²) in [4.78, 5) is 32.2. The van der Waals surface area contributed by atoms with Crippen molar-refractivity contribution in [1.82, 2.24) is 9.88 Å². The Morgan fingerprint density at radius 3 is 2.79 bits per heavy atom. The van der Waals surface area contributed by atoms with E-state index in [-0.39, 0.29) is 17.7 Å². The predicted molar refractivity (Wildman–Crippen MR) is 97.5 cm³/mol. The van der Waals surface area contributed by atoms with Crippen LogP contribution in [0, 0.1) is 5.92 Å². The molecule has 1 aromatic heterocycles. The lowest BCUT2D eigenvalue weighted by atomic mass is 9.95. The van der Waals surface area contributed by atoms with Gasteiger partial charge in [0.1, 0.15) is 0 Å². The normalized spacial score (nSPS) is 15.5. The second-order valence-electron chi connectivity index (χ2n) is 5.81. The zero-order valence-electron chi connectivity index (χ0n) is 13.4. The molecule has 0 atom stereocenters. The number of thiazole rings is 1. The highest BCUT2D eigenvalue weighted by Gasteiger charge is 2.29. The number of nitrogens with zero attached hydrogens (tertiary/aromatic N) is 3. The van der Waals surface area contributed by atoms with Gasteiger partial charge in [-0.15, -0.1) is 0 Å². The molecule has 1 aliphatic rings. The van der Waals surface area contributed by atoms with Gasteiger partial charge < -0.3 is 4.90 Å². The topological polar surface area (TPSA) is 53.5 Å². The fraction of sp³-hybridized carbons (Fsp3) is 0.353. The number of anilines is 1. The summed E-state index contributed by atoms with van der Waals surface area (Å²) in [6.07, 6.45) is 2.65. The fourth-order valence-electron chi connectivity index (χ4n) is 2.88. The molecule has 1 saturated heterocycles. The van der Waals surface area contributed by atoms with E-state index in [2.05, 4.69) is 11.6 Å². The van der Waals surface area contributed by atoms with Crippen LogP contribution in [0.3, 0.4) is 0 Å². The number of hydrogen-bond donors (Lipinski definition) is 0. The Bertz CT molecular complexity index is 796. The van der Waals surface area contributed by atoms with E-state index in [9.17, 15) is 9.59 Å². The molecule has 0 spiro atoms. The maximum atomic E-state index is 12.7. The molecule has 1 fully saturated rings. The largest absolute Gasteiger partial charge is 0.339 e. The highest BCUT2D eigenvalue weighted by Crippen LogP contribution is 2.31. The molecule has 1 aliphatic heterocycles. The third-order valence-corrected chi connectivity index (χ3v) is 5.63. The van der Waals surface area contributed by atoms with Gasteiger partial charge in [0.25, 0.3) is 0 Å². The van der Waals surface area contributed by atoms with Crippen molar-refractivity contribution < 1.29 is 9.59 Å². The quantitative estimate of drug-likeness (QED) is 0.786. The molecule has 5 nitrogen and oxygen atoms in total. The van der Waals surface area contributed by atoms with Gasteiger partial charge in [-0.3, -0.25) is 14.5 Å². The molecule has 2 aromatic rings. The van der Waals surface area contributed by atoms with Crippen LogP contribution in [0.4, 0.5) is 5.13 Å². The van der Waals surface area contributed by atoms with Crippen LogP contribution < -0.4 is 4.90 Å². The third kappa shape index (κ3) is 3.30. The molecule has 0 radical (unpaired) electrons. The van der Waals surface area contributed by atoms with E-state index in [0.29, 0.717) is 36.1 Å². The maximum absolute atomic E-state index is 12.7. The van der Waals surface area contributed by atoms with Gasteiger partial charge in [-0.1, -0.05) is 29.5 Å². The number of benzene rings is 1. The Balaban J connectivity index is 1.70. The van der Waals surface area contributed by atoms with Gasteiger partial charge in [0, 0.05) is 31.1 Å². The Morgan fingerprint density at radius 2 is 2.12 bits per heavy atom. The van der Waals surface area contributed by atoms with Crippen molar-refractivity contribution >= 4 is 50.1 Å². The van der Waals surface area contributed by atoms with Gasteiger partial charge in [0.05, 0.1) is 10.2 Å². The van der Waals surface area contributed by atoms with Gasteiger partial charge >= 0.3 is 0 Å². The van der Waals surface area contributed by atoms with Gasteiger partial charge in [-0.25, -0.2) is 4.98 Å². The first kappa shape index (κ1) is 16.9. The second kappa shape index (κ2) is 6.91. The smallest absolute Gasteiger partial charge is 0.245 e. The van der Waals surface area contributed by atoms with E-state index in [1.54, 1.807) is 22.9 Å². The van der Waals surface area contributed by atoms with Crippen molar-refractivity contribution in [3.63, 3.8) is 0 Å². The van der Waals surface area contributed by atoms with E-state index in [0.717, 1.165) is 10.2 Å². The molecular formula is C17H18ClN3O2S. The van der Waals surface area contributed by atoms with Crippen molar-refractivity contribution in [3.05, 3.63) is 35.9 Å². The number of hydrogen-bond acceptors (Lipinski definition) is 4. The molecule has 126 valence electrons. The minimum atomic E-state index is -0.0838. The number of aromatic nitrogens is 1. The molecule has 0 N–H and O–H groups in total. The van der Waals surface area contributed by atoms with E-state index in [1.165, 1.54) is 17.4 Å². The number of piperidine rings is 1. The maximum Gasteiger partial charge on any atom is 0.245 e. The summed E-state index contributed by atoms with van der Waals surface area (Å²) in [6, 6.07) is 5.53. The van der Waals surface area contributed by atoms with Gasteiger partial charge in [0.15, 0.2) is 5.13 Å². The van der Waals surface area contributed by atoms with E-state index in [1.807, 2.05) is 12.1 Å². The minimum absolute atomic E-state index is 0.0471. The van der Waals surface area contributed by atoms with Crippen molar-refractivity contribution in [1.29, 1.82) is 0 Å². The lowest BCUT2D eigenvalue weighted by Gasteiger charge is -2.32. The Labute approximate surface area is 149 Å². The minimum Gasteiger partial charge on any atom is -0.339 e. The lowest BCUT2D eigenvalue weighted by molar-refractivity contribution is -0.130. The van der Waals surface area contributed by atoms with E-state index < -0.39 is 0 Å². The first-order valence-electron chi connectivity index (χ1n) is 7.74. The van der Waals surface area contributed by atoms with Crippen molar-refractivity contribution in [3.8, 4) is 0 Å². The van der Waals surface area contributed by atoms with Gasteiger partial charge in [-0.2, -0.15) is 0 Å². The molecule has 0 unspecified atom stereocenters. The second-order valence-corrected chi connectivity index (χ2v) is 7.25. The number of likely N-dealkylation sites (tertiary alicyclic amines) is 1. The Hall–Kier alpha value is -1.92. The first-order valence-corrected chi connectivity index (χ1v) is 8.94. The number of halogens is 1. The summed E-state index contributed by atoms with van der Waals surface area (Å²) in [5, 5.41) is 1.30. The Morgan fingerprint density at radius 1 is 1.42 bits per heavy atom. The highest BCUT2D eigenvalue weighted by atomic mass is 35.5. The monoisotopic (exact) mass is 363 g/mol. The van der Waals surface area contributed by atoms with Crippen LogP contribution in [0.15, 0.2) is 30.9 Å². The van der Waals surface area contributed by atoms with Crippen LogP contribution in [0.1, 0.15) is 12.8 Å². The molecule has 3 rings (SSSR count). The van der Waals surface area contributed by atoms with Gasteiger partial charge in [0.2, 0.25) is 11.8 Å². The summed E-state index contributed by atoms with van der Waals surface area (Å²) in [5.74, 6) is -0.109. The van der Waals surface area contributed by atoms with Crippen molar-refractivity contribution in [2.24, 2.45) is 5.92 Å². The van der Waals surface area contributed by atoms with Crippen molar-refractivity contribution in [2.45, 2.75) is 12.8 Å². The summed E-state index contributed by atoms with van der Waals surface area (Å²) >= 11 is 7.46. The average Bonchev–Trinajstić information content (AvgIpc) is 3.03. The van der Waals surface area contributed by atoms with Crippen LogP contribution in [0.2, 0.25) is 5.02 Å². The summed E-state index contributed by atoms with van der Waals surface area (Å²) in [6.45, 7) is 4.68. The summed E-state index contributed by atoms with van der Waals surface area (Å²) in [5.41, 5.74) is 0.800. The number of rotatable bonds is 3. The zero-order valence-corrected chi connectivity index (χ0v) is 14.9. The van der Waals surface area contributed by atoms with Crippen LogP contribution in [-0.4, -0.2) is 41.8 Å². The van der Waals surface area contributed by atoms with Gasteiger partial charge in [-0.05, 0) is 37.1 Å². The SMILES string of the molecule is C=CC(=O)N1CCC(C(=O)N(C)c2nc3cc(Cl)ccc3s2)CC1. The van der Waals surface area contributed by atoms with Crippen LogP contribution in [0.25, 0.3) is 10.2 Å². The molecule has 24 heavy (non-hydrogen) atoms. The molecule has 1 aromatic carbocycles. The first-order chi connectivity index (χ1) is 11.5. The van der Waals surface area contributed by atoms with Crippen LogP contribution >= 0.6 is 22.9 Å². The van der Waals surface area contributed by atoms with E-state index >= 15 is 0 Å². The van der Waals surface area contributed by atoms with E-state index in [4.69, 9.17) is 11.6 Å². The molecule has 2 heterocycles. The number of carbonyl (C=O) groups excluding carboxylic acids is 2. The summed E-state index contributed by atoms with van der Waals surface area (Å²) < 4.78 is 1.00. The molecule has 0 aliphatic carbocycles. The molecule has 2 amide bonds. The number of carbonyl (C=O) groups is 2. The zero-order chi connectivity index (χ0) is 17.3. The molecular weight excluding hydrogens is 346 g/mol. The molecule has 0 saturated carbocycles. The highest BCUT2D eigenvalue weighted by molar-refractivity contribution is 7.22. The number of amides is 2. The van der Waals surface area contributed by atoms with Crippen LogP contribution in [-0.2, 0) is 9.59 Å².